The van der Waals surface area contributed by atoms with Gasteiger partial charge in [0.25, 0.3) is 0 Å². The Labute approximate surface area is 129 Å². The Kier molecular flexibility index (Phi) is 3.83. The Balaban J connectivity index is 1.82. The molecule has 5 nitrogen and oxygen atoms in total. The van der Waals surface area contributed by atoms with E-state index in [0.717, 1.165) is 28.8 Å². The number of H-pyrrole nitrogens is 1. The number of fused-ring (bicyclic) bond motifs is 1. The Hall–Kier alpha value is -2.01. The van der Waals surface area contributed by atoms with Gasteiger partial charge in [0.15, 0.2) is 0 Å². The van der Waals surface area contributed by atoms with Crippen molar-refractivity contribution in [3.63, 3.8) is 0 Å². The molecule has 5 heteroatoms. The third-order valence-electron chi connectivity index (χ3n) is 4.13. The second-order valence-corrected chi connectivity index (χ2v) is 6.36. The largest absolute Gasteiger partial charge is 0.493 e. The number of benzene rings is 1. The van der Waals surface area contributed by atoms with E-state index in [1.165, 1.54) is 20.0 Å². The molecule has 1 saturated carbocycles. The van der Waals surface area contributed by atoms with Gasteiger partial charge in [-0.1, -0.05) is 0 Å². The standard InChI is InChI=1S/C17H22N2O3/c1-17(18,16(20)21-2)8-12-9-19-15-6-5-13(7-14(12)15)22-10-11-3-4-11/h5-7,9,11,19H,3-4,8,10,18H2,1-2H3/t17-/m0/s1. The van der Waals surface area contributed by atoms with Gasteiger partial charge in [-0.05, 0) is 49.4 Å². The summed E-state index contributed by atoms with van der Waals surface area (Å²) in [5.74, 6) is 1.16. The zero-order valence-electron chi connectivity index (χ0n) is 13.0. The number of aromatic amines is 1. The number of nitrogens with two attached hydrogens (primary N) is 1. The summed E-state index contributed by atoms with van der Waals surface area (Å²) in [7, 11) is 1.35. The number of methoxy groups -OCH3 is 1. The SMILES string of the molecule is COC(=O)[C@@](C)(N)Cc1c[nH]c2ccc(OCC3CC3)cc12. The maximum atomic E-state index is 11.8. The average molecular weight is 302 g/mol. The molecule has 0 aliphatic heterocycles. The van der Waals surface area contributed by atoms with E-state index in [4.69, 9.17) is 15.2 Å². The minimum atomic E-state index is -1.05. The molecule has 0 amide bonds. The molecule has 0 bridgehead atoms. The summed E-state index contributed by atoms with van der Waals surface area (Å²) >= 11 is 0. The van der Waals surface area contributed by atoms with E-state index < -0.39 is 11.5 Å². The molecule has 3 N–H and O–H groups in total. The monoisotopic (exact) mass is 302 g/mol. The second-order valence-electron chi connectivity index (χ2n) is 6.36. The predicted octanol–water partition coefficient (Wildman–Crippen LogP) is 2.39. The molecule has 1 heterocycles. The molecule has 3 rings (SSSR count). The van der Waals surface area contributed by atoms with Crippen molar-refractivity contribution in [3.05, 3.63) is 30.0 Å². The number of aromatic nitrogens is 1. The highest BCUT2D eigenvalue weighted by atomic mass is 16.5. The number of rotatable bonds is 6. The summed E-state index contributed by atoms with van der Waals surface area (Å²) < 4.78 is 10.6. The highest BCUT2D eigenvalue weighted by molar-refractivity contribution is 5.87. The Morgan fingerprint density at radius 2 is 2.23 bits per heavy atom. The van der Waals surface area contributed by atoms with Gasteiger partial charge in [0.05, 0.1) is 13.7 Å². The van der Waals surface area contributed by atoms with Gasteiger partial charge in [-0.3, -0.25) is 4.79 Å². The van der Waals surface area contributed by atoms with Crippen molar-refractivity contribution < 1.29 is 14.3 Å². The van der Waals surface area contributed by atoms with Crippen LogP contribution in [-0.4, -0.2) is 30.2 Å². The van der Waals surface area contributed by atoms with Gasteiger partial charge in [-0.15, -0.1) is 0 Å². The van der Waals surface area contributed by atoms with Crippen LogP contribution in [0.25, 0.3) is 10.9 Å². The van der Waals surface area contributed by atoms with Crippen molar-refractivity contribution in [2.75, 3.05) is 13.7 Å². The molecule has 22 heavy (non-hydrogen) atoms. The van der Waals surface area contributed by atoms with Crippen LogP contribution in [0.1, 0.15) is 25.3 Å². The van der Waals surface area contributed by atoms with Gasteiger partial charge < -0.3 is 20.2 Å². The maximum Gasteiger partial charge on any atom is 0.325 e. The van der Waals surface area contributed by atoms with Crippen molar-refractivity contribution in [1.29, 1.82) is 0 Å². The first kappa shape index (κ1) is 14.9. The van der Waals surface area contributed by atoms with Gasteiger partial charge in [-0.25, -0.2) is 0 Å². The number of esters is 1. The van der Waals surface area contributed by atoms with Crippen molar-refractivity contribution in [2.24, 2.45) is 11.7 Å². The normalized spacial score (nSPS) is 17.2. The quantitative estimate of drug-likeness (QED) is 0.803. The lowest BCUT2D eigenvalue weighted by molar-refractivity contribution is -0.146. The first-order chi connectivity index (χ1) is 10.5. The Morgan fingerprint density at radius 1 is 1.45 bits per heavy atom. The van der Waals surface area contributed by atoms with Crippen LogP contribution in [-0.2, 0) is 16.0 Å². The second kappa shape index (κ2) is 5.65. The van der Waals surface area contributed by atoms with Crippen molar-refractivity contribution >= 4 is 16.9 Å². The molecule has 1 aliphatic carbocycles. The third kappa shape index (κ3) is 3.09. The molecule has 2 aromatic rings. The van der Waals surface area contributed by atoms with E-state index in [0.29, 0.717) is 12.3 Å². The first-order valence-corrected chi connectivity index (χ1v) is 7.60. The summed E-state index contributed by atoms with van der Waals surface area (Å²) in [6.07, 6.45) is 4.83. The number of nitrogens with one attached hydrogen (secondary N) is 1. The highest BCUT2D eigenvalue weighted by Gasteiger charge is 2.30. The summed E-state index contributed by atoms with van der Waals surface area (Å²) in [5.41, 5.74) is 7.03. The zero-order valence-corrected chi connectivity index (χ0v) is 13.0. The fraction of sp³-hybridized carbons (Fsp3) is 0.471. The predicted molar refractivity (Wildman–Crippen MR) is 84.8 cm³/mol. The molecular formula is C17H22N2O3. The molecule has 1 aromatic heterocycles. The van der Waals surface area contributed by atoms with Gasteiger partial charge >= 0.3 is 5.97 Å². The topological polar surface area (TPSA) is 77.3 Å². The number of ether oxygens (including phenoxy) is 2. The minimum Gasteiger partial charge on any atom is -0.493 e. The van der Waals surface area contributed by atoms with Crippen molar-refractivity contribution in [1.82, 2.24) is 4.98 Å². The smallest absolute Gasteiger partial charge is 0.325 e. The van der Waals surface area contributed by atoms with Crippen molar-refractivity contribution in [2.45, 2.75) is 31.7 Å². The summed E-state index contributed by atoms with van der Waals surface area (Å²) in [6, 6.07) is 5.97. The van der Waals surface area contributed by atoms with E-state index in [9.17, 15) is 4.79 Å². The minimum absolute atomic E-state index is 0.408. The molecule has 0 saturated heterocycles. The molecule has 0 spiro atoms. The molecule has 1 fully saturated rings. The van der Waals surface area contributed by atoms with Gasteiger partial charge in [0.2, 0.25) is 0 Å². The summed E-state index contributed by atoms with van der Waals surface area (Å²) in [6.45, 7) is 2.47. The fourth-order valence-corrected chi connectivity index (χ4v) is 2.59. The van der Waals surface area contributed by atoms with Gasteiger partial charge in [0.1, 0.15) is 11.3 Å². The van der Waals surface area contributed by atoms with Crippen LogP contribution in [0.4, 0.5) is 0 Å². The zero-order chi connectivity index (χ0) is 15.7. The van der Waals surface area contributed by atoms with E-state index in [1.807, 2.05) is 24.4 Å². The molecule has 0 unspecified atom stereocenters. The molecule has 1 aliphatic rings. The number of hydrogen-bond acceptors (Lipinski definition) is 4. The summed E-state index contributed by atoms with van der Waals surface area (Å²) in [4.78, 5) is 15.0. The Morgan fingerprint density at radius 3 is 2.91 bits per heavy atom. The fourth-order valence-electron chi connectivity index (χ4n) is 2.59. The molecule has 0 radical (unpaired) electrons. The highest BCUT2D eigenvalue weighted by Crippen LogP contribution is 2.31. The van der Waals surface area contributed by atoms with Crippen LogP contribution in [0.15, 0.2) is 24.4 Å². The van der Waals surface area contributed by atoms with E-state index in [1.54, 1.807) is 6.92 Å². The van der Waals surface area contributed by atoms with Gasteiger partial charge in [0, 0.05) is 23.5 Å². The molecule has 1 aromatic carbocycles. The third-order valence-corrected chi connectivity index (χ3v) is 4.13. The van der Waals surface area contributed by atoms with Crippen LogP contribution in [0.3, 0.4) is 0 Å². The van der Waals surface area contributed by atoms with E-state index in [2.05, 4.69) is 4.98 Å². The average Bonchev–Trinajstić information content (AvgIpc) is 3.26. The van der Waals surface area contributed by atoms with E-state index >= 15 is 0 Å². The molecule has 1 atom stereocenters. The van der Waals surface area contributed by atoms with Crippen LogP contribution in [0, 0.1) is 5.92 Å². The van der Waals surface area contributed by atoms with Crippen LogP contribution < -0.4 is 10.5 Å². The van der Waals surface area contributed by atoms with Crippen molar-refractivity contribution in [3.8, 4) is 5.75 Å². The number of carbonyl (C=O) groups excluding carboxylic acids is 1. The molecular weight excluding hydrogens is 280 g/mol. The summed E-state index contributed by atoms with van der Waals surface area (Å²) in [5, 5.41) is 1.04. The van der Waals surface area contributed by atoms with Gasteiger partial charge in [-0.2, -0.15) is 0 Å². The lowest BCUT2D eigenvalue weighted by Gasteiger charge is -2.21. The van der Waals surface area contributed by atoms with E-state index in [-0.39, 0.29) is 0 Å². The van der Waals surface area contributed by atoms with Crippen LogP contribution in [0.2, 0.25) is 0 Å². The Bertz CT molecular complexity index is 686. The lowest BCUT2D eigenvalue weighted by Crippen LogP contribution is -2.47. The first-order valence-electron chi connectivity index (χ1n) is 7.60. The van der Waals surface area contributed by atoms with Crippen LogP contribution >= 0.6 is 0 Å². The lowest BCUT2D eigenvalue weighted by atomic mass is 9.94. The molecule has 118 valence electrons. The number of hydrogen-bond donors (Lipinski definition) is 2. The van der Waals surface area contributed by atoms with Crippen LogP contribution in [0.5, 0.6) is 5.75 Å². The number of carbonyl (C=O) groups is 1. The maximum absolute atomic E-state index is 11.8.